The van der Waals surface area contributed by atoms with E-state index in [0.29, 0.717) is 6.20 Å². The average Bonchev–Trinajstić information content (AvgIpc) is 3.10. The first kappa shape index (κ1) is 20.0. The number of aromatic nitrogens is 4. The van der Waals surface area contributed by atoms with Gasteiger partial charge in [0, 0.05) is 6.20 Å². The Balaban J connectivity index is 2.08. The molecule has 9 nitrogen and oxygen atoms in total. The molecule has 0 aliphatic heterocycles. The van der Waals surface area contributed by atoms with Crippen LogP contribution in [-0.2, 0) is 15.7 Å². The number of amides is 1. The Labute approximate surface area is 150 Å². The number of carbonyl (C=O) groups is 2. The summed E-state index contributed by atoms with van der Waals surface area (Å²) in [6, 6.07) is 0.538. The number of hydrogen-bond acceptors (Lipinski definition) is 6. The van der Waals surface area contributed by atoms with Crippen LogP contribution in [0.2, 0.25) is 0 Å². The monoisotopic (exact) mass is 385 g/mol. The van der Waals surface area contributed by atoms with Crippen molar-refractivity contribution in [3.8, 4) is 5.82 Å². The maximum atomic E-state index is 12.5. The Kier molecular flexibility index (Phi) is 6.23. The lowest BCUT2D eigenvalue weighted by Crippen LogP contribution is -2.44. The topological polar surface area (TPSA) is 119 Å². The zero-order chi connectivity index (χ0) is 20.0. The van der Waals surface area contributed by atoms with Gasteiger partial charge in [-0.15, -0.1) is 11.7 Å². The molecule has 0 aliphatic rings. The number of aliphatic carboxylic acids is 1. The number of alkyl halides is 3. The SMILES string of the molecule is C=CCOCC(NC(=O)c1cn(-c2ccc(C(F)(F)F)cn2)nn1)C(=O)O. The predicted octanol–water partition coefficient (Wildman–Crippen LogP) is 1.07. The lowest BCUT2D eigenvalue weighted by atomic mass is 10.3. The number of nitrogens with zero attached hydrogens (tertiary/aromatic N) is 4. The average molecular weight is 385 g/mol. The van der Waals surface area contributed by atoms with Gasteiger partial charge in [-0.2, -0.15) is 13.2 Å². The van der Waals surface area contributed by atoms with Crippen LogP contribution in [0.1, 0.15) is 16.1 Å². The summed E-state index contributed by atoms with van der Waals surface area (Å²) < 4.78 is 43.6. The van der Waals surface area contributed by atoms with Gasteiger partial charge in [0.1, 0.15) is 0 Å². The standard InChI is InChI=1S/C15H14F3N5O4/c1-2-5-27-8-11(14(25)26)20-13(24)10-7-23(22-21-10)12-4-3-9(6-19-12)15(16,17)18/h2-4,6-7,11H,1,5,8H2,(H,20,24)(H,25,26). The maximum absolute atomic E-state index is 12.5. The van der Waals surface area contributed by atoms with Crippen LogP contribution in [0.4, 0.5) is 13.2 Å². The van der Waals surface area contributed by atoms with Crippen molar-refractivity contribution in [1.29, 1.82) is 0 Å². The fraction of sp³-hybridized carbons (Fsp3) is 0.267. The molecule has 0 fully saturated rings. The van der Waals surface area contributed by atoms with Crippen molar-refractivity contribution in [3.63, 3.8) is 0 Å². The second-order valence-corrected chi connectivity index (χ2v) is 5.14. The van der Waals surface area contributed by atoms with Gasteiger partial charge in [0.05, 0.1) is 25.0 Å². The number of nitrogens with one attached hydrogen (secondary N) is 1. The van der Waals surface area contributed by atoms with Gasteiger partial charge < -0.3 is 15.2 Å². The highest BCUT2D eigenvalue weighted by atomic mass is 19.4. The molecule has 1 atom stereocenters. The summed E-state index contributed by atoms with van der Waals surface area (Å²) in [6.07, 6.45) is -1.38. The van der Waals surface area contributed by atoms with E-state index < -0.39 is 29.7 Å². The quantitative estimate of drug-likeness (QED) is 0.515. The van der Waals surface area contributed by atoms with Crippen LogP contribution in [0.5, 0.6) is 0 Å². The molecule has 0 saturated heterocycles. The fourth-order valence-electron chi connectivity index (χ4n) is 1.85. The molecule has 2 aromatic rings. The molecule has 1 unspecified atom stereocenters. The molecule has 0 saturated carbocycles. The summed E-state index contributed by atoms with van der Waals surface area (Å²) in [7, 11) is 0. The van der Waals surface area contributed by atoms with Crippen molar-refractivity contribution in [2.75, 3.05) is 13.2 Å². The van der Waals surface area contributed by atoms with Gasteiger partial charge in [-0.1, -0.05) is 11.3 Å². The maximum Gasteiger partial charge on any atom is 0.417 e. The first-order valence-corrected chi connectivity index (χ1v) is 7.40. The number of rotatable bonds is 8. The van der Waals surface area contributed by atoms with Crippen LogP contribution in [0, 0.1) is 0 Å². The number of carboxylic acid groups (broad SMARTS) is 1. The minimum atomic E-state index is -4.53. The summed E-state index contributed by atoms with van der Waals surface area (Å²) in [5, 5.41) is 18.4. The largest absolute Gasteiger partial charge is 0.480 e. The predicted molar refractivity (Wildman–Crippen MR) is 84.1 cm³/mol. The van der Waals surface area contributed by atoms with E-state index >= 15 is 0 Å². The van der Waals surface area contributed by atoms with Crippen LogP contribution >= 0.6 is 0 Å². The van der Waals surface area contributed by atoms with Gasteiger partial charge >= 0.3 is 12.1 Å². The first-order chi connectivity index (χ1) is 12.7. The van der Waals surface area contributed by atoms with Crippen LogP contribution in [0.3, 0.4) is 0 Å². The zero-order valence-electron chi connectivity index (χ0n) is 13.7. The van der Waals surface area contributed by atoms with Gasteiger partial charge in [-0.05, 0) is 12.1 Å². The Morgan fingerprint density at radius 2 is 2.15 bits per heavy atom. The van der Waals surface area contributed by atoms with Gasteiger partial charge in [0.15, 0.2) is 17.6 Å². The van der Waals surface area contributed by atoms with E-state index in [4.69, 9.17) is 9.84 Å². The van der Waals surface area contributed by atoms with Crippen molar-refractivity contribution in [3.05, 3.63) is 48.4 Å². The van der Waals surface area contributed by atoms with Crippen molar-refractivity contribution in [2.24, 2.45) is 0 Å². The third-order valence-electron chi connectivity index (χ3n) is 3.16. The third-order valence-corrected chi connectivity index (χ3v) is 3.16. The van der Waals surface area contributed by atoms with E-state index in [2.05, 4.69) is 27.2 Å². The number of halogens is 3. The molecule has 2 heterocycles. The Bertz CT molecular complexity index is 820. The van der Waals surface area contributed by atoms with Gasteiger partial charge in [-0.3, -0.25) is 4.79 Å². The smallest absolute Gasteiger partial charge is 0.417 e. The van der Waals surface area contributed by atoms with E-state index in [-0.39, 0.29) is 24.7 Å². The minimum absolute atomic E-state index is 0.00125. The lowest BCUT2D eigenvalue weighted by Gasteiger charge is -2.13. The molecule has 2 N–H and O–H groups in total. The van der Waals surface area contributed by atoms with E-state index in [1.807, 2.05) is 0 Å². The van der Waals surface area contributed by atoms with Crippen LogP contribution in [0.15, 0.2) is 37.2 Å². The number of ether oxygens (including phenoxy) is 1. The first-order valence-electron chi connectivity index (χ1n) is 7.40. The second-order valence-electron chi connectivity index (χ2n) is 5.14. The molecular weight excluding hydrogens is 371 g/mol. The molecule has 0 radical (unpaired) electrons. The number of carbonyl (C=O) groups excluding carboxylic acids is 1. The molecule has 0 aromatic carbocycles. The molecular formula is C15H14F3N5O4. The van der Waals surface area contributed by atoms with E-state index in [0.717, 1.165) is 23.0 Å². The highest BCUT2D eigenvalue weighted by Crippen LogP contribution is 2.28. The third kappa shape index (κ3) is 5.34. The summed E-state index contributed by atoms with van der Waals surface area (Å²) in [6.45, 7) is 3.23. The van der Waals surface area contributed by atoms with Gasteiger partial charge in [0.2, 0.25) is 0 Å². The van der Waals surface area contributed by atoms with E-state index in [1.165, 1.54) is 6.08 Å². The molecule has 27 heavy (non-hydrogen) atoms. The van der Waals surface area contributed by atoms with Crippen molar-refractivity contribution < 1.29 is 32.6 Å². The molecule has 0 aliphatic carbocycles. The molecule has 0 bridgehead atoms. The van der Waals surface area contributed by atoms with Crippen LogP contribution in [0.25, 0.3) is 5.82 Å². The second kappa shape index (κ2) is 8.40. The van der Waals surface area contributed by atoms with E-state index in [9.17, 15) is 22.8 Å². The van der Waals surface area contributed by atoms with E-state index in [1.54, 1.807) is 0 Å². The Hall–Kier alpha value is -3.28. The highest BCUT2D eigenvalue weighted by molar-refractivity contribution is 5.94. The molecule has 0 spiro atoms. The minimum Gasteiger partial charge on any atom is -0.480 e. The zero-order valence-corrected chi connectivity index (χ0v) is 13.7. The van der Waals surface area contributed by atoms with Crippen LogP contribution in [-0.4, -0.2) is 56.2 Å². The normalized spacial score (nSPS) is 12.4. The molecule has 144 valence electrons. The number of hydrogen-bond donors (Lipinski definition) is 2. The molecule has 2 aromatic heterocycles. The highest BCUT2D eigenvalue weighted by Gasteiger charge is 2.30. The number of carboxylic acids is 1. The fourth-order valence-corrected chi connectivity index (χ4v) is 1.85. The summed E-state index contributed by atoms with van der Waals surface area (Å²) in [4.78, 5) is 26.8. The van der Waals surface area contributed by atoms with Crippen LogP contribution < -0.4 is 5.32 Å². The van der Waals surface area contributed by atoms with Gasteiger partial charge in [0.25, 0.3) is 5.91 Å². The Morgan fingerprint density at radius 3 is 2.70 bits per heavy atom. The summed E-state index contributed by atoms with van der Waals surface area (Å²) in [5.41, 5.74) is -1.18. The Morgan fingerprint density at radius 1 is 1.41 bits per heavy atom. The summed E-state index contributed by atoms with van der Waals surface area (Å²) in [5.74, 6) is -2.16. The lowest BCUT2D eigenvalue weighted by molar-refractivity contribution is -0.141. The van der Waals surface area contributed by atoms with Gasteiger partial charge in [-0.25, -0.2) is 14.5 Å². The molecule has 1 amide bonds. The van der Waals surface area contributed by atoms with Crippen molar-refractivity contribution in [2.45, 2.75) is 12.2 Å². The molecule has 12 heteroatoms. The molecule has 2 rings (SSSR count). The van der Waals surface area contributed by atoms with Crippen molar-refractivity contribution in [1.82, 2.24) is 25.3 Å². The van der Waals surface area contributed by atoms with Crippen molar-refractivity contribution >= 4 is 11.9 Å². The summed E-state index contributed by atoms with van der Waals surface area (Å²) >= 11 is 0. The number of pyridine rings is 1.